The van der Waals surface area contributed by atoms with Crippen LogP contribution in [0, 0.1) is 5.82 Å². The fourth-order valence-corrected chi connectivity index (χ4v) is 1.13. The van der Waals surface area contributed by atoms with Crippen LogP contribution in [0.1, 0.15) is 11.7 Å². The Morgan fingerprint density at radius 3 is 2.62 bits per heavy atom. The van der Waals surface area contributed by atoms with Crippen molar-refractivity contribution in [1.82, 2.24) is 0 Å². The molecule has 0 saturated heterocycles. The molecule has 0 aromatic heterocycles. The molecule has 72 valence electrons. The number of benzene rings is 1. The molecule has 0 bridgehead atoms. The van der Waals surface area contributed by atoms with E-state index >= 15 is 0 Å². The van der Waals surface area contributed by atoms with Gasteiger partial charge in [0, 0.05) is 6.54 Å². The molecular formula is C8H9ClFNO2. The molecule has 0 fully saturated rings. The summed E-state index contributed by atoms with van der Waals surface area (Å²) in [7, 11) is 0. The lowest BCUT2D eigenvalue weighted by Gasteiger charge is -2.09. The lowest BCUT2D eigenvalue weighted by Crippen LogP contribution is -2.11. The fraction of sp³-hybridized carbons (Fsp3) is 0.250. The minimum atomic E-state index is -0.965. The minimum absolute atomic E-state index is 0.0272. The van der Waals surface area contributed by atoms with E-state index in [-0.39, 0.29) is 17.1 Å². The normalized spacial score (nSPS) is 12.9. The first-order valence-corrected chi connectivity index (χ1v) is 4.00. The highest BCUT2D eigenvalue weighted by atomic mass is 35.5. The van der Waals surface area contributed by atoms with Crippen molar-refractivity contribution >= 4 is 11.6 Å². The van der Waals surface area contributed by atoms with Crippen LogP contribution in [0.4, 0.5) is 4.39 Å². The van der Waals surface area contributed by atoms with E-state index in [0.717, 1.165) is 6.07 Å². The number of phenolic OH excluding ortho intramolecular Hbond substituents is 1. The van der Waals surface area contributed by atoms with E-state index in [2.05, 4.69) is 0 Å². The molecule has 0 amide bonds. The number of aliphatic hydroxyl groups is 1. The molecule has 5 heteroatoms. The zero-order valence-electron chi connectivity index (χ0n) is 6.67. The second kappa shape index (κ2) is 3.91. The van der Waals surface area contributed by atoms with Gasteiger partial charge in [0.2, 0.25) is 0 Å². The molecule has 1 unspecified atom stereocenters. The summed E-state index contributed by atoms with van der Waals surface area (Å²) in [6, 6.07) is 2.27. The van der Waals surface area contributed by atoms with Gasteiger partial charge in [-0.25, -0.2) is 4.39 Å². The van der Waals surface area contributed by atoms with Crippen molar-refractivity contribution in [2.75, 3.05) is 6.54 Å². The molecule has 0 radical (unpaired) electrons. The summed E-state index contributed by atoms with van der Waals surface area (Å²) in [5.74, 6) is -1.48. The first-order chi connectivity index (χ1) is 6.06. The number of phenols is 1. The third-order valence-electron chi connectivity index (χ3n) is 1.65. The SMILES string of the molecule is NCC(O)c1cc(F)c(O)c(Cl)c1. The van der Waals surface area contributed by atoms with Crippen LogP contribution < -0.4 is 5.73 Å². The van der Waals surface area contributed by atoms with Crippen LogP contribution in [0.25, 0.3) is 0 Å². The van der Waals surface area contributed by atoms with Gasteiger partial charge in [-0.3, -0.25) is 0 Å². The zero-order chi connectivity index (χ0) is 10.0. The standard InChI is InChI=1S/C8H9ClFNO2/c9-5-1-4(7(12)3-11)2-6(10)8(5)13/h1-2,7,12-13H,3,11H2. The molecule has 4 N–H and O–H groups in total. The molecule has 0 saturated carbocycles. The number of aliphatic hydroxyl groups excluding tert-OH is 1. The van der Waals surface area contributed by atoms with E-state index in [1.165, 1.54) is 6.07 Å². The van der Waals surface area contributed by atoms with Crippen molar-refractivity contribution in [3.63, 3.8) is 0 Å². The summed E-state index contributed by atoms with van der Waals surface area (Å²) in [4.78, 5) is 0. The largest absolute Gasteiger partial charge is 0.504 e. The predicted octanol–water partition coefficient (Wildman–Crippen LogP) is 1.18. The van der Waals surface area contributed by atoms with Crippen molar-refractivity contribution in [1.29, 1.82) is 0 Å². The van der Waals surface area contributed by atoms with Crippen molar-refractivity contribution < 1.29 is 14.6 Å². The molecule has 1 aromatic carbocycles. The number of aromatic hydroxyl groups is 1. The molecule has 1 aromatic rings. The third-order valence-corrected chi connectivity index (χ3v) is 1.94. The quantitative estimate of drug-likeness (QED) is 0.679. The Balaban J connectivity index is 3.13. The number of hydrogen-bond acceptors (Lipinski definition) is 3. The maximum Gasteiger partial charge on any atom is 0.170 e. The van der Waals surface area contributed by atoms with Crippen molar-refractivity contribution in [3.05, 3.63) is 28.5 Å². The lowest BCUT2D eigenvalue weighted by molar-refractivity contribution is 0.186. The molecule has 1 atom stereocenters. The minimum Gasteiger partial charge on any atom is -0.504 e. The first-order valence-electron chi connectivity index (χ1n) is 3.62. The second-order valence-electron chi connectivity index (χ2n) is 2.58. The average Bonchev–Trinajstić information content (AvgIpc) is 2.12. The molecule has 0 spiro atoms. The highest BCUT2D eigenvalue weighted by molar-refractivity contribution is 6.32. The summed E-state index contributed by atoms with van der Waals surface area (Å²) in [6.45, 7) is -0.0272. The van der Waals surface area contributed by atoms with Crippen LogP contribution in [-0.4, -0.2) is 16.8 Å². The van der Waals surface area contributed by atoms with Crippen LogP contribution in [0.2, 0.25) is 5.02 Å². The van der Waals surface area contributed by atoms with Gasteiger partial charge in [0.1, 0.15) is 0 Å². The molecule has 0 aliphatic rings. The lowest BCUT2D eigenvalue weighted by atomic mass is 10.1. The van der Waals surface area contributed by atoms with Gasteiger partial charge in [-0.2, -0.15) is 0 Å². The van der Waals surface area contributed by atoms with Crippen LogP contribution in [-0.2, 0) is 0 Å². The second-order valence-corrected chi connectivity index (χ2v) is 2.99. The van der Waals surface area contributed by atoms with Crippen molar-refractivity contribution in [3.8, 4) is 5.75 Å². The van der Waals surface area contributed by atoms with Gasteiger partial charge in [0.05, 0.1) is 11.1 Å². The Hall–Kier alpha value is -0.840. The Morgan fingerprint density at radius 2 is 2.15 bits per heavy atom. The highest BCUT2D eigenvalue weighted by Gasteiger charge is 2.12. The molecule has 0 aliphatic carbocycles. The summed E-state index contributed by atoms with van der Waals surface area (Å²) in [5, 5.41) is 18.1. The number of rotatable bonds is 2. The van der Waals surface area contributed by atoms with Gasteiger partial charge in [0.15, 0.2) is 11.6 Å². The maximum atomic E-state index is 12.9. The van der Waals surface area contributed by atoms with Gasteiger partial charge in [-0.15, -0.1) is 0 Å². The summed E-state index contributed by atoms with van der Waals surface area (Å²) >= 11 is 5.48. The molecule has 0 aliphatic heterocycles. The van der Waals surface area contributed by atoms with Gasteiger partial charge in [-0.1, -0.05) is 11.6 Å². The molecule has 3 nitrogen and oxygen atoms in total. The van der Waals surface area contributed by atoms with E-state index in [1.807, 2.05) is 0 Å². The zero-order valence-corrected chi connectivity index (χ0v) is 7.42. The summed E-state index contributed by atoms with van der Waals surface area (Å²) in [6.07, 6.45) is -0.965. The summed E-state index contributed by atoms with van der Waals surface area (Å²) in [5.41, 5.74) is 5.42. The van der Waals surface area contributed by atoms with Crippen LogP contribution >= 0.6 is 11.6 Å². The fourth-order valence-electron chi connectivity index (χ4n) is 0.914. The Kier molecular flexibility index (Phi) is 3.08. The molecule has 1 rings (SSSR count). The monoisotopic (exact) mass is 205 g/mol. The number of hydrogen-bond donors (Lipinski definition) is 3. The molecule has 0 heterocycles. The van der Waals surface area contributed by atoms with E-state index < -0.39 is 17.7 Å². The van der Waals surface area contributed by atoms with E-state index in [9.17, 15) is 9.50 Å². The van der Waals surface area contributed by atoms with Gasteiger partial charge < -0.3 is 15.9 Å². The average molecular weight is 206 g/mol. The van der Waals surface area contributed by atoms with E-state index in [1.54, 1.807) is 0 Å². The first kappa shape index (κ1) is 10.2. The van der Waals surface area contributed by atoms with Crippen LogP contribution in [0.5, 0.6) is 5.75 Å². The Morgan fingerprint density at radius 1 is 1.54 bits per heavy atom. The number of nitrogens with two attached hydrogens (primary N) is 1. The van der Waals surface area contributed by atoms with Gasteiger partial charge >= 0.3 is 0 Å². The molecule has 13 heavy (non-hydrogen) atoms. The topological polar surface area (TPSA) is 66.5 Å². The van der Waals surface area contributed by atoms with E-state index in [0.29, 0.717) is 0 Å². The van der Waals surface area contributed by atoms with E-state index in [4.69, 9.17) is 22.4 Å². The Labute approximate surface area is 79.6 Å². The van der Waals surface area contributed by atoms with Gasteiger partial charge in [-0.05, 0) is 17.7 Å². The van der Waals surface area contributed by atoms with Gasteiger partial charge in [0.25, 0.3) is 0 Å². The van der Waals surface area contributed by atoms with Crippen molar-refractivity contribution in [2.24, 2.45) is 5.73 Å². The van der Waals surface area contributed by atoms with Crippen molar-refractivity contribution in [2.45, 2.75) is 6.10 Å². The van der Waals surface area contributed by atoms with Crippen LogP contribution in [0.3, 0.4) is 0 Å². The highest BCUT2D eigenvalue weighted by Crippen LogP contribution is 2.29. The molecular weight excluding hydrogens is 197 g/mol. The summed E-state index contributed by atoms with van der Waals surface area (Å²) < 4.78 is 12.9. The Bertz CT molecular complexity index is 296. The smallest absolute Gasteiger partial charge is 0.170 e. The third kappa shape index (κ3) is 2.09. The predicted molar refractivity (Wildman–Crippen MR) is 47.1 cm³/mol. The van der Waals surface area contributed by atoms with Crippen LogP contribution in [0.15, 0.2) is 12.1 Å². The maximum absolute atomic E-state index is 12.9. The number of halogens is 2.